The molecule has 0 radical (unpaired) electrons. The van der Waals surface area contributed by atoms with E-state index in [9.17, 15) is 13.2 Å². The van der Waals surface area contributed by atoms with Crippen LogP contribution in [0.5, 0.6) is 0 Å². The molecule has 0 bridgehead atoms. The summed E-state index contributed by atoms with van der Waals surface area (Å²) in [6.07, 6.45) is -2.79. The molecule has 2 aromatic rings. The molecule has 0 spiro atoms. The van der Waals surface area contributed by atoms with Gasteiger partial charge in [-0.3, -0.25) is 0 Å². The molecule has 0 aliphatic rings. The predicted molar refractivity (Wildman–Crippen MR) is 89.8 cm³/mol. The second-order valence-electron chi connectivity index (χ2n) is 5.01. The van der Waals surface area contributed by atoms with Gasteiger partial charge in [-0.15, -0.1) is 0 Å². The van der Waals surface area contributed by atoms with E-state index in [1.807, 2.05) is 13.0 Å². The summed E-state index contributed by atoms with van der Waals surface area (Å²) < 4.78 is 43.2. The van der Waals surface area contributed by atoms with Gasteiger partial charge in [0, 0.05) is 12.1 Å². The highest BCUT2D eigenvalue weighted by atomic mass is 19.4. The molecular formula is C18H18F3N3O. The van der Waals surface area contributed by atoms with E-state index in [4.69, 9.17) is 4.42 Å². The summed E-state index contributed by atoms with van der Waals surface area (Å²) in [7, 11) is 0. The van der Waals surface area contributed by atoms with E-state index in [0.29, 0.717) is 24.6 Å². The van der Waals surface area contributed by atoms with Crippen molar-refractivity contribution in [2.75, 3.05) is 13.1 Å². The van der Waals surface area contributed by atoms with Gasteiger partial charge in [0.1, 0.15) is 12.3 Å². The molecule has 1 aromatic carbocycles. The van der Waals surface area contributed by atoms with Crippen molar-refractivity contribution >= 4 is 5.96 Å². The average molecular weight is 349 g/mol. The topological polar surface area (TPSA) is 49.6 Å². The number of aliphatic imine (C=N–C) groups is 1. The number of nitrogens with zero attached hydrogens (tertiary/aromatic N) is 1. The van der Waals surface area contributed by atoms with Crippen molar-refractivity contribution in [3.05, 3.63) is 59.5 Å². The maximum atomic E-state index is 12.7. The van der Waals surface area contributed by atoms with E-state index in [-0.39, 0.29) is 6.54 Å². The standard InChI is InChI=1S/C18H18F3N3O/c1-2-22-17(24-13-16-9-5-11-25-16)23-10-4-7-14-6-3-8-15(12-14)18(19,20)21/h3,5-6,8-9,11-12H,2,10,13H2,1H3,(H2,22,23,24). The first-order chi connectivity index (χ1) is 12.0. The zero-order valence-electron chi connectivity index (χ0n) is 13.7. The first-order valence-electron chi connectivity index (χ1n) is 7.69. The summed E-state index contributed by atoms with van der Waals surface area (Å²) in [6, 6.07) is 8.54. The van der Waals surface area contributed by atoms with Gasteiger partial charge in [0.05, 0.1) is 18.4 Å². The normalized spacial score (nSPS) is 11.6. The fraction of sp³-hybridized carbons (Fsp3) is 0.278. The van der Waals surface area contributed by atoms with Gasteiger partial charge in [-0.25, -0.2) is 4.99 Å². The quantitative estimate of drug-likeness (QED) is 0.505. The first-order valence-corrected chi connectivity index (χ1v) is 7.69. The lowest BCUT2D eigenvalue weighted by Gasteiger charge is -2.08. The Morgan fingerprint density at radius 1 is 1.20 bits per heavy atom. The molecule has 0 aliphatic heterocycles. The zero-order chi connectivity index (χ0) is 18.1. The number of furan rings is 1. The van der Waals surface area contributed by atoms with E-state index in [2.05, 4.69) is 27.5 Å². The molecule has 0 atom stereocenters. The molecule has 2 N–H and O–H groups in total. The van der Waals surface area contributed by atoms with Crippen LogP contribution in [0, 0.1) is 11.8 Å². The number of benzene rings is 1. The van der Waals surface area contributed by atoms with Crippen LogP contribution in [0.25, 0.3) is 0 Å². The van der Waals surface area contributed by atoms with Gasteiger partial charge in [0.25, 0.3) is 0 Å². The van der Waals surface area contributed by atoms with Crippen LogP contribution < -0.4 is 10.6 Å². The Morgan fingerprint density at radius 3 is 2.72 bits per heavy atom. The number of alkyl halides is 3. The van der Waals surface area contributed by atoms with Crippen LogP contribution in [0.3, 0.4) is 0 Å². The van der Waals surface area contributed by atoms with Crippen LogP contribution in [-0.2, 0) is 12.7 Å². The minimum Gasteiger partial charge on any atom is -0.467 e. The van der Waals surface area contributed by atoms with Crippen molar-refractivity contribution in [2.24, 2.45) is 4.99 Å². The maximum absolute atomic E-state index is 12.7. The highest BCUT2D eigenvalue weighted by Gasteiger charge is 2.30. The third-order valence-electron chi connectivity index (χ3n) is 3.08. The van der Waals surface area contributed by atoms with Crippen LogP contribution in [0.1, 0.15) is 23.8 Å². The van der Waals surface area contributed by atoms with Crippen molar-refractivity contribution in [1.29, 1.82) is 0 Å². The number of hydrogen-bond donors (Lipinski definition) is 2. The predicted octanol–water partition coefficient (Wildman–Crippen LogP) is 3.41. The van der Waals surface area contributed by atoms with E-state index in [1.165, 1.54) is 6.07 Å². The van der Waals surface area contributed by atoms with Gasteiger partial charge < -0.3 is 15.1 Å². The van der Waals surface area contributed by atoms with Gasteiger partial charge >= 0.3 is 6.18 Å². The third-order valence-corrected chi connectivity index (χ3v) is 3.08. The van der Waals surface area contributed by atoms with Crippen molar-refractivity contribution < 1.29 is 17.6 Å². The molecule has 0 saturated carbocycles. The van der Waals surface area contributed by atoms with Crippen LogP contribution in [0.2, 0.25) is 0 Å². The number of rotatable bonds is 4. The van der Waals surface area contributed by atoms with Gasteiger partial charge in [0.15, 0.2) is 5.96 Å². The largest absolute Gasteiger partial charge is 0.467 e. The Labute approximate surface area is 144 Å². The minimum atomic E-state index is -4.37. The molecule has 0 unspecified atom stereocenters. The molecule has 0 amide bonds. The lowest BCUT2D eigenvalue weighted by atomic mass is 10.1. The molecule has 7 heteroatoms. The molecule has 0 saturated heterocycles. The number of halogens is 3. The van der Waals surface area contributed by atoms with Crippen LogP contribution >= 0.6 is 0 Å². The summed E-state index contributed by atoms with van der Waals surface area (Å²) in [5.41, 5.74) is -0.394. The van der Waals surface area contributed by atoms with Crippen molar-refractivity contribution in [3.63, 3.8) is 0 Å². The Hall–Kier alpha value is -2.88. The van der Waals surface area contributed by atoms with E-state index >= 15 is 0 Å². The fourth-order valence-electron chi connectivity index (χ4n) is 1.95. The second-order valence-corrected chi connectivity index (χ2v) is 5.01. The number of hydrogen-bond acceptors (Lipinski definition) is 2. The lowest BCUT2D eigenvalue weighted by molar-refractivity contribution is -0.137. The van der Waals surface area contributed by atoms with Crippen LogP contribution in [0.15, 0.2) is 52.1 Å². The zero-order valence-corrected chi connectivity index (χ0v) is 13.7. The summed E-state index contributed by atoms with van der Waals surface area (Å²) in [4.78, 5) is 4.33. The first kappa shape index (κ1) is 18.5. The molecule has 25 heavy (non-hydrogen) atoms. The van der Waals surface area contributed by atoms with Crippen molar-refractivity contribution in [3.8, 4) is 11.8 Å². The third kappa shape index (κ3) is 6.26. The summed E-state index contributed by atoms with van der Waals surface area (Å²) in [6.45, 7) is 3.23. The Bertz CT molecular complexity index is 756. The van der Waals surface area contributed by atoms with Gasteiger partial charge in [0.2, 0.25) is 0 Å². The molecular weight excluding hydrogens is 331 g/mol. The summed E-state index contributed by atoms with van der Waals surface area (Å²) in [5.74, 6) is 6.78. The van der Waals surface area contributed by atoms with Gasteiger partial charge in [-0.2, -0.15) is 13.2 Å². The SMILES string of the molecule is CCNC(=NCc1ccco1)NCC#Cc1cccc(C(F)(F)F)c1. The lowest BCUT2D eigenvalue weighted by Crippen LogP contribution is -2.37. The molecule has 0 fully saturated rings. The van der Waals surface area contributed by atoms with E-state index in [1.54, 1.807) is 18.4 Å². The average Bonchev–Trinajstić information content (AvgIpc) is 3.09. The Balaban J connectivity index is 1.94. The molecule has 132 valence electrons. The second kappa shape index (κ2) is 8.83. The summed E-state index contributed by atoms with van der Waals surface area (Å²) in [5, 5.41) is 6.05. The Kier molecular flexibility index (Phi) is 6.52. The molecule has 1 aromatic heterocycles. The monoisotopic (exact) mass is 349 g/mol. The van der Waals surface area contributed by atoms with E-state index in [0.717, 1.165) is 17.9 Å². The van der Waals surface area contributed by atoms with Crippen LogP contribution in [0.4, 0.5) is 13.2 Å². The molecule has 1 heterocycles. The minimum absolute atomic E-state index is 0.250. The number of guanidine groups is 1. The smallest absolute Gasteiger partial charge is 0.416 e. The number of nitrogens with one attached hydrogen (secondary N) is 2. The molecule has 2 rings (SSSR count). The Morgan fingerprint density at radius 2 is 2.04 bits per heavy atom. The molecule has 4 nitrogen and oxygen atoms in total. The highest BCUT2D eigenvalue weighted by molar-refractivity contribution is 5.79. The maximum Gasteiger partial charge on any atom is 0.416 e. The summed E-state index contributed by atoms with van der Waals surface area (Å²) >= 11 is 0. The van der Waals surface area contributed by atoms with Crippen LogP contribution in [-0.4, -0.2) is 19.0 Å². The highest BCUT2D eigenvalue weighted by Crippen LogP contribution is 2.29. The van der Waals surface area contributed by atoms with E-state index < -0.39 is 11.7 Å². The van der Waals surface area contributed by atoms with Gasteiger partial charge in [-0.05, 0) is 37.3 Å². The van der Waals surface area contributed by atoms with Crippen molar-refractivity contribution in [2.45, 2.75) is 19.6 Å². The van der Waals surface area contributed by atoms with Gasteiger partial charge in [-0.1, -0.05) is 17.9 Å². The van der Waals surface area contributed by atoms with Crippen molar-refractivity contribution in [1.82, 2.24) is 10.6 Å². The molecule has 0 aliphatic carbocycles. The fourth-order valence-corrected chi connectivity index (χ4v) is 1.95.